The van der Waals surface area contributed by atoms with E-state index in [9.17, 15) is 9.50 Å². The molecule has 84 valence electrons. The lowest BCUT2D eigenvalue weighted by atomic mass is 9.85. The summed E-state index contributed by atoms with van der Waals surface area (Å²) in [6.07, 6.45) is 0. The van der Waals surface area contributed by atoms with Crippen LogP contribution in [0.5, 0.6) is 5.75 Å². The van der Waals surface area contributed by atoms with Crippen LogP contribution in [0.1, 0.15) is 19.4 Å². The fourth-order valence-corrected chi connectivity index (χ4v) is 1.80. The first-order chi connectivity index (χ1) is 6.88. The van der Waals surface area contributed by atoms with Gasteiger partial charge >= 0.3 is 0 Å². The van der Waals surface area contributed by atoms with Gasteiger partial charge in [0.15, 0.2) is 11.6 Å². The third-order valence-electron chi connectivity index (χ3n) is 2.20. The van der Waals surface area contributed by atoms with Crippen LogP contribution in [0, 0.1) is 5.82 Å². The molecule has 0 radical (unpaired) electrons. The number of halogens is 2. The zero-order valence-corrected chi connectivity index (χ0v) is 10.1. The predicted molar refractivity (Wildman–Crippen MR) is 58.9 cm³/mol. The average molecular weight is 278 g/mol. The number of hydrogen-bond acceptors (Lipinski definition) is 3. The van der Waals surface area contributed by atoms with Crippen LogP contribution >= 0.6 is 15.9 Å². The van der Waals surface area contributed by atoms with Crippen molar-refractivity contribution in [3.05, 3.63) is 28.0 Å². The first-order valence-electron chi connectivity index (χ1n) is 4.38. The first-order valence-corrected chi connectivity index (χ1v) is 5.18. The number of benzene rings is 1. The van der Waals surface area contributed by atoms with Crippen molar-refractivity contribution in [2.75, 3.05) is 6.61 Å². The topological polar surface area (TPSA) is 55.5 Å². The van der Waals surface area contributed by atoms with Gasteiger partial charge in [-0.1, -0.05) is 29.8 Å². The van der Waals surface area contributed by atoms with Crippen LogP contribution in [0.3, 0.4) is 0 Å². The van der Waals surface area contributed by atoms with Gasteiger partial charge in [-0.25, -0.2) is 10.3 Å². The van der Waals surface area contributed by atoms with E-state index in [1.807, 2.05) is 0 Å². The SMILES string of the molecule is CC(C)(CON)c1cc(Br)cc(F)c1O. The van der Waals surface area contributed by atoms with Gasteiger partial charge in [-0.15, -0.1) is 0 Å². The molecule has 0 aromatic heterocycles. The fraction of sp³-hybridized carbons (Fsp3) is 0.400. The monoisotopic (exact) mass is 277 g/mol. The van der Waals surface area contributed by atoms with Gasteiger partial charge in [0.05, 0.1) is 6.61 Å². The molecule has 0 saturated heterocycles. The molecule has 3 nitrogen and oxygen atoms in total. The summed E-state index contributed by atoms with van der Waals surface area (Å²) in [6.45, 7) is 3.80. The molecule has 0 aliphatic rings. The second-order valence-electron chi connectivity index (χ2n) is 3.98. The van der Waals surface area contributed by atoms with Crippen LogP contribution < -0.4 is 5.90 Å². The summed E-state index contributed by atoms with van der Waals surface area (Å²) >= 11 is 3.17. The highest BCUT2D eigenvalue weighted by Gasteiger charge is 2.26. The molecule has 0 unspecified atom stereocenters. The number of hydrogen-bond donors (Lipinski definition) is 2. The lowest BCUT2D eigenvalue weighted by Crippen LogP contribution is -2.26. The summed E-state index contributed by atoms with van der Waals surface area (Å²) in [7, 11) is 0. The van der Waals surface area contributed by atoms with Crippen LogP contribution in [-0.2, 0) is 10.3 Å². The number of aromatic hydroxyl groups is 1. The molecule has 0 aliphatic carbocycles. The van der Waals surface area contributed by atoms with E-state index >= 15 is 0 Å². The third kappa shape index (κ3) is 2.68. The Balaban J connectivity index is 3.24. The van der Waals surface area contributed by atoms with E-state index in [0.717, 1.165) is 0 Å². The summed E-state index contributed by atoms with van der Waals surface area (Å²) < 4.78 is 13.8. The second kappa shape index (κ2) is 4.47. The zero-order valence-electron chi connectivity index (χ0n) is 8.55. The summed E-state index contributed by atoms with van der Waals surface area (Å²) in [4.78, 5) is 4.55. The van der Waals surface area contributed by atoms with Crippen LogP contribution in [0.25, 0.3) is 0 Å². The summed E-state index contributed by atoms with van der Waals surface area (Å²) in [5, 5.41) is 9.59. The van der Waals surface area contributed by atoms with Gasteiger partial charge in [0.2, 0.25) is 0 Å². The molecule has 3 N–H and O–H groups in total. The van der Waals surface area contributed by atoms with Crippen molar-refractivity contribution in [3.63, 3.8) is 0 Å². The lowest BCUT2D eigenvalue weighted by Gasteiger charge is -2.25. The number of phenolic OH excluding ortho intramolecular Hbond substituents is 1. The summed E-state index contributed by atoms with van der Waals surface area (Å²) in [5.41, 5.74) is -0.0940. The van der Waals surface area contributed by atoms with Gasteiger partial charge in [-0.3, -0.25) is 0 Å². The number of phenols is 1. The minimum atomic E-state index is -0.663. The van der Waals surface area contributed by atoms with Crippen molar-refractivity contribution in [1.82, 2.24) is 0 Å². The van der Waals surface area contributed by atoms with Gasteiger partial charge in [0.25, 0.3) is 0 Å². The molecular formula is C10H13BrFNO2. The minimum Gasteiger partial charge on any atom is -0.505 e. The van der Waals surface area contributed by atoms with E-state index in [2.05, 4.69) is 20.8 Å². The normalized spacial score (nSPS) is 11.8. The molecule has 0 fully saturated rings. The van der Waals surface area contributed by atoms with Crippen LogP contribution in [0.15, 0.2) is 16.6 Å². The fourth-order valence-electron chi connectivity index (χ4n) is 1.37. The molecule has 0 amide bonds. The van der Waals surface area contributed by atoms with Gasteiger partial charge < -0.3 is 9.94 Å². The molecule has 1 rings (SSSR count). The van der Waals surface area contributed by atoms with Crippen LogP contribution in [-0.4, -0.2) is 11.7 Å². The molecule has 0 atom stereocenters. The maximum atomic E-state index is 13.3. The van der Waals surface area contributed by atoms with Crippen molar-refractivity contribution in [1.29, 1.82) is 0 Å². The molecule has 1 aromatic rings. The van der Waals surface area contributed by atoms with Gasteiger partial charge in [0, 0.05) is 15.5 Å². The molecule has 0 aliphatic heterocycles. The highest BCUT2D eigenvalue weighted by atomic mass is 79.9. The number of nitrogens with two attached hydrogens (primary N) is 1. The standard InChI is InChI=1S/C10H13BrFNO2/c1-10(2,5-15-13)7-3-6(11)4-8(12)9(7)14/h3-4,14H,5,13H2,1-2H3. The van der Waals surface area contributed by atoms with Crippen molar-refractivity contribution in [2.24, 2.45) is 5.90 Å². The van der Waals surface area contributed by atoms with E-state index in [1.165, 1.54) is 6.07 Å². The number of rotatable bonds is 3. The van der Waals surface area contributed by atoms with Gasteiger partial charge in [-0.2, -0.15) is 0 Å². The highest BCUT2D eigenvalue weighted by molar-refractivity contribution is 9.10. The Morgan fingerprint density at radius 1 is 1.53 bits per heavy atom. The largest absolute Gasteiger partial charge is 0.505 e. The Morgan fingerprint density at radius 2 is 2.13 bits per heavy atom. The Kier molecular flexibility index (Phi) is 3.70. The van der Waals surface area contributed by atoms with Crippen molar-refractivity contribution < 1.29 is 14.3 Å². The molecule has 0 heterocycles. The molecule has 5 heteroatoms. The smallest absolute Gasteiger partial charge is 0.166 e. The van der Waals surface area contributed by atoms with E-state index < -0.39 is 11.2 Å². The zero-order chi connectivity index (χ0) is 11.6. The highest BCUT2D eigenvalue weighted by Crippen LogP contribution is 2.35. The molecule has 15 heavy (non-hydrogen) atoms. The maximum absolute atomic E-state index is 13.3. The van der Waals surface area contributed by atoms with Crippen LogP contribution in [0.2, 0.25) is 0 Å². The van der Waals surface area contributed by atoms with Crippen molar-refractivity contribution in [2.45, 2.75) is 19.3 Å². The molecule has 0 spiro atoms. The molecule has 0 bridgehead atoms. The van der Waals surface area contributed by atoms with Crippen molar-refractivity contribution >= 4 is 15.9 Å². The van der Waals surface area contributed by atoms with Crippen molar-refractivity contribution in [3.8, 4) is 5.75 Å². The molecular weight excluding hydrogens is 265 g/mol. The quantitative estimate of drug-likeness (QED) is 0.835. The lowest BCUT2D eigenvalue weighted by molar-refractivity contribution is 0.0952. The molecule has 0 saturated carbocycles. The summed E-state index contributed by atoms with van der Waals surface area (Å²) in [5.74, 6) is 3.97. The summed E-state index contributed by atoms with van der Waals surface area (Å²) in [6, 6.07) is 2.86. The molecule has 1 aromatic carbocycles. The Bertz CT molecular complexity index is 369. The van der Waals surface area contributed by atoms with Gasteiger partial charge in [-0.05, 0) is 12.1 Å². The predicted octanol–water partition coefficient (Wildman–Crippen LogP) is 2.46. The van der Waals surface area contributed by atoms with Gasteiger partial charge in [0.1, 0.15) is 0 Å². The first kappa shape index (κ1) is 12.4. The Labute approximate surface area is 96.1 Å². The average Bonchev–Trinajstić information content (AvgIpc) is 2.11. The van der Waals surface area contributed by atoms with E-state index in [1.54, 1.807) is 19.9 Å². The minimum absolute atomic E-state index is 0.191. The third-order valence-corrected chi connectivity index (χ3v) is 2.66. The van der Waals surface area contributed by atoms with E-state index in [0.29, 0.717) is 10.0 Å². The Hall–Kier alpha value is -0.650. The second-order valence-corrected chi connectivity index (χ2v) is 4.89. The van der Waals surface area contributed by atoms with E-state index in [4.69, 9.17) is 5.90 Å². The Morgan fingerprint density at radius 3 is 2.67 bits per heavy atom. The maximum Gasteiger partial charge on any atom is 0.166 e. The van der Waals surface area contributed by atoms with Crippen LogP contribution in [0.4, 0.5) is 4.39 Å². The van der Waals surface area contributed by atoms with E-state index in [-0.39, 0.29) is 12.4 Å².